The SMILES string of the molecule is O=C(O)CCCCc1nc2cc(C(=O)N3CCn4ccnc4C3)ccc2nc1C1=CCC(Cl)C=C1. The van der Waals surface area contributed by atoms with E-state index in [4.69, 9.17) is 26.7 Å². The van der Waals surface area contributed by atoms with Gasteiger partial charge in [-0.25, -0.2) is 15.0 Å². The molecule has 1 amide bonds. The third kappa shape index (κ3) is 5.12. The fourth-order valence-corrected chi connectivity index (χ4v) is 4.66. The molecular weight excluding hydrogens is 466 g/mol. The molecule has 0 bridgehead atoms. The first-order valence-electron chi connectivity index (χ1n) is 11.8. The van der Waals surface area contributed by atoms with Gasteiger partial charge in [0.25, 0.3) is 5.91 Å². The van der Waals surface area contributed by atoms with Crippen LogP contribution in [-0.4, -0.2) is 53.3 Å². The van der Waals surface area contributed by atoms with Crippen molar-refractivity contribution >= 4 is 40.1 Å². The van der Waals surface area contributed by atoms with E-state index in [0.717, 1.165) is 29.3 Å². The third-order valence-corrected chi connectivity index (χ3v) is 6.71. The van der Waals surface area contributed by atoms with Gasteiger partial charge in [0.2, 0.25) is 0 Å². The van der Waals surface area contributed by atoms with Crippen molar-refractivity contribution < 1.29 is 14.7 Å². The maximum atomic E-state index is 13.2. The number of alkyl halides is 1. The Labute approximate surface area is 208 Å². The minimum atomic E-state index is -0.802. The molecule has 1 aliphatic carbocycles. The number of imidazole rings is 1. The molecule has 3 heterocycles. The number of amides is 1. The monoisotopic (exact) mass is 491 g/mol. The van der Waals surface area contributed by atoms with Crippen LogP contribution in [0.25, 0.3) is 16.6 Å². The summed E-state index contributed by atoms with van der Waals surface area (Å²) >= 11 is 6.20. The molecule has 0 fully saturated rings. The number of carbonyl (C=O) groups is 2. The minimum absolute atomic E-state index is 0.0346. The number of aliphatic carboxylic acids is 1. The van der Waals surface area contributed by atoms with Crippen LogP contribution in [0.2, 0.25) is 0 Å². The zero-order valence-corrected chi connectivity index (χ0v) is 20.0. The molecule has 9 heteroatoms. The maximum absolute atomic E-state index is 13.2. The Morgan fingerprint density at radius 1 is 1.14 bits per heavy atom. The highest BCUT2D eigenvalue weighted by Gasteiger charge is 2.23. The number of halogens is 1. The van der Waals surface area contributed by atoms with Crippen molar-refractivity contribution in [3.05, 3.63) is 71.6 Å². The molecule has 180 valence electrons. The number of rotatable bonds is 7. The first-order valence-corrected chi connectivity index (χ1v) is 12.3. The van der Waals surface area contributed by atoms with E-state index in [9.17, 15) is 9.59 Å². The molecular formula is C26H26ClN5O3. The predicted molar refractivity (Wildman–Crippen MR) is 133 cm³/mol. The van der Waals surface area contributed by atoms with Crippen LogP contribution in [0.5, 0.6) is 0 Å². The molecule has 2 aliphatic rings. The van der Waals surface area contributed by atoms with E-state index >= 15 is 0 Å². The largest absolute Gasteiger partial charge is 0.481 e. The first-order chi connectivity index (χ1) is 17.0. The van der Waals surface area contributed by atoms with Gasteiger partial charge >= 0.3 is 5.97 Å². The number of unbranched alkanes of at least 4 members (excludes halogenated alkanes) is 1. The van der Waals surface area contributed by atoms with Crippen molar-refractivity contribution in [2.45, 2.75) is 50.6 Å². The minimum Gasteiger partial charge on any atom is -0.481 e. The van der Waals surface area contributed by atoms with Crippen LogP contribution in [0.4, 0.5) is 0 Å². The lowest BCUT2D eigenvalue weighted by Crippen LogP contribution is -2.38. The van der Waals surface area contributed by atoms with Gasteiger partial charge in [-0.2, -0.15) is 0 Å². The molecule has 1 atom stereocenters. The highest BCUT2D eigenvalue weighted by Crippen LogP contribution is 2.27. The number of aromatic nitrogens is 4. The highest BCUT2D eigenvalue weighted by molar-refractivity contribution is 6.22. The molecule has 0 saturated carbocycles. The van der Waals surface area contributed by atoms with Gasteiger partial charge < -0.3 is 14.6 Å². The van der Waals surface area contributed by atoms with Gasteiger partial charge in [-0.05, 0) is 49.5 Å². The number of carboxylic acids is 1. The molecule has 5 rings (SSSR count). The molecule has 1 N–H and O–H groups in total. The van der Waals surface area contributed by atoms with Gasteiger partial charge in [-0.1, -0.05) is 18.2 Å². The quantitative estimate of drug-likeness (QED) is 0.392. The number of nitrogens with zero attached hydrogens (tertiary/aromatic N) is 5. The Balaban J connectivity index is 1.44. The molecule has 1 aliphatic heterocycles. The predicted octanol–water partition coefficient (Wildman–Crippen LogP) is 4.23. The van der Waals surface area contributed by atoms with Crippen molar-refractivity contribution in [1.29, 1.82) is 0 Å². The van der Waals surface area contributed by atoms with E-state index in [2.05, 4.69) is 15.6 Å². The van der Waals surface area contributed by atoms with Gasteiger partial charge in [0.05, 0.1) is 34.3 Å². The zero-order chi connectivity index (χ0) is 24.4. The van der Waals surface area contributed by atoms with E-state index in [-0.39, 0.29) is 17.7 Å². The fourth-order valence-electron chi connectivity index (χ4n) is 4.50. The second kappa shape index (κ2) is 10.00. The number of carboxylic acid groups (broad SMARTS) is 1. The Bertz CT molecular complexity index is 1350. The average Bonchev–Trinajstić information content (AvgIpc) is 3.34. The summed E-state index contributed by atoms with van der Waals surface area (Å²) in [5.74, 6) is 0.0248. The van der Waals surface area contributed by atoms with Gasteiger partial charge in [0.1, 0.15) is 5.82 Å². The summed E-state index contributed by atoms with van der Waals surface area (Å²) in [5.41, 5.74) is 4.49. The summed E-state index contributed by atoms with van der Waals surface area (Å²) in [6, 6.07) is 5.45. The van der Waals surface area contributed by atoms with Crippen LogP contribution in [0.3, 0.4) is 0 Å². The van der Waals surface area contributed by atoms with Gasteiger partial charge in [-0.15, -0.1) is 11.6 Å². The Hall–Kier alpha value is -3.52. The zero-order valence-electron chi connectivity index (χ0n) is 19.2. The lowest BCUT2D eigenvalue weighted by molar-refractivity contribution is -0.137. The summed E-state index contributed by atoms with van der Waals surface area (Å²) in [5, 5.41) is 8.93. The molecule has 0 radical (unpaired) electrons. The molecule has 3 aromatic rings. The number of allylic oxidation sites excluding steroid dienone is 4. The van der Waals surface area contributed by atoms with Crippen LogP contribution >= 0.6 is 11.6 Å². The van der Waals surface area contributed by atoms with Crippen molar-refractivity contribution in [2.24, 2.45) is 0 Å². The summed E-state index contributed by atoms with van der Waals surface area (Å²) in [4.78, 5) is 40.1. The molecule has 2 aromatic heterocycles. The lowest BCUT2D eigenvalue weighted by Gasteiger charge is -2.27. The summed E-state index contributed by atoms with van der Waals surface area (Å²) in [7, 11) is 0. The van der Waals surface area contributed by atoms with Crippen LogP contribution in [-0.2, 0) is 24.3 Å². The normalized spacial score (nSPS) is 17.3. The van der Waals surface area contributed by atoms with Crippen LogP contribution < -0.4 is 0 Å². The maximum Gasteiger partial charge on any atom is 0.303 e. The van der Waals surface area contributed by atoms with Crippen molar-refractivity contribution in [2.75, 3.05) is 6.54 Å². The summed E-state index contributed by atoms with van der Waals surface area (Å²) in [6.45, 7) is 1.83. The van der Waals surface area contributed by atoms with Crippen molar-refractivity contribution in [3.63, 3.8) is 0 Å². The standard InChI is InChI=1S/C26H26ClN5O3/c27-19-8-5-17(6-9-19)25-21(3-1-2-4-24(33)34)29-22-15-18(7-10-20(22)30-25)26(35)32-14-13-31-12-11-28-23(31)16-32/h5-8,10-12,15,19H,1-4,9,13-14,16H2,(H,33,34). The Morgan fingerprint density at radius 3 is 2.83 bits per heavy atom. The number of hydrogen-bond donors (Lipinski definition) is 1. The second-order valence-electron chi connectivity index (χ2n) is 8.86. The van der Waals surface area contributed by atoms with Gasteiger partial charge in [0, 0.05) is 37.5 Å². The number of hydrogen-bond acceptors (Lipinski definition) is 5. The molecule has 0 saturated heterocycles. The highest BCUT2D eigenvalue weighted by atomic mass is 35.5. The second-order valence-corrected chi connectivity index (χ2v) is 9.42. The van der Waals surface area contributed by atoms with E-state index < -0.39 is 5.97 Å². The topological polar surface area (TPSA) is 101 Å². The third-order valence-electron chi connectivity index (χ3n) is 6.39. The number of fused-ring (bicyclic) bond motifs is 2. The molecule has 35 heavy (non-hydrogen) atoms. The van der Waals surface area contributed by atoms with Gasteiger partial charge in [-0.3, -0.25) is 9.59 Å². The molecule has 0 spiro atoms. The van der Waals surface area contributed by atoms with E-state index in [0.29, 0.717) is 55.4 Å². The summed E-state index contributed by atoms with van der Waals surface area (Å²) in [6.07, 6.45) is 12.4. The number of benzene rings is 1. The number of carbonyl (C=O) groups excluding carboxylic acids is 1. The number of aryl methyl sites for hydroxylation is 1. The molecule has 1 unspecified atom stereocenters. The lowest BCUT2D eigenvalue weighted by atomic mass is 9.99. The fraction of sp³-hybridized carbons (Fsp3) is 0.346. The van der Waals surface area contributed by atoms with Crippen LogP contribution in [0, 0.1) is 0 Å². The summed E-state index contributed by atoms with van der Waals surface area (Å²) < 4.78 is 2.06. The van der Waals surface area contributed by atoms with Crippen molar-refractivity contribution in [1.82, 2.24) is 24.4 Å². The Morgan fingerprint density at radius 2 is 2.03 bits per heavy atom. The smallest absolute Gasteiger partial charge is 0.303 e. The van der Waals surface area contributed by atoms with Crippen molar-refractivity contribution in [3.8, 4) is 0 Å². The first kappa shape index (κ1) is 23.2. The van der Waals surface area contributed by atoms with E-state index in [1.807, 2.05) is 24.4 Å². The van der Waals surface area contributed by atoms with Gasteiger partial charge in [0.15, 0.2) is 0 Å². The Kier molecular flexibility index (Phi) is 6.63. The average molecular weight is 492 g/mol. The van der Waals surface area contributed by atoms with E-state index in [1.165, 1.54) is 0 Å². The van der Waals surface area contributed by atoms with Crippen LogP contribution in [0.1, 0.15) is 53.3 Å². The molecule has 8 nitrogen and oxygen atoms in total. The van der Waals surface area contributed by atoms with Crippen LogP contribution in [0.15, 0.2) is 48.8 Å². The van der Waals surface area contributed by atoms with E-state index in [1.54, 1.807) is 23.2 Å². The molecule has 1 aromatic carbocycles.